The Hall–Kier alpha value is 0.130. The monoisotopic (exact) mass is 274 g/mol. The standard InChI is InChI=1S/C18H36B2/c1-6-8-10-11-13-15-17(5,14-12-9-7-2)18(19,20)16(3)4/h16H,6-15H2,1-5H3. The van der Waals surface area contributed by atoms with E-state index in [0.29, 0.717) is 5.92 Å². The van der Waals surface area contributed by atoms with Gasteiger partial charge in [0.25, 0.3) is 0 Å². The lowest BCUT2D eigenvalue weighted by Crippen LogP contribution is -2.39. The predicted octanol–water partition coefficient (Wildman–Crippen LogP) is 6.04. The summed E-state index contributed by atoms with van der Waals surface area (Å²) in [6, 6.07) is 0. The van der Waals surface area contributed by atoms with E-state index >= 15 is 0 Å². The van der Waals surface area contributed by atoms with E-state index in [9.17, 15) is 0 Å². The van der Waals surface area contributed by atoms with Crippen LogP contribution in [0, 0.1) is 11.3 Å². The molecule has 0 aliphatic heterocycles. The zero-order chi connectivity index (χ0) is 15.6. The number of hydrogen-bond donors (Lipinski definition) is 0. The van der Waals surface area contributed by atoms with Gasteiger partial charge in [0.05, 0.1) is 15.7 Å². The Morgan fingerprint density at radius 1 is 0.750 bits per heavy atom. The van der Waals surface area contributed by atoms with Gasteiger partial charge in [-0.3, -0.25) is 0 Å². The summed E-state index contributed by atoms with van der Waals surface area (Å²) in [5.41, 5.74) is 0.0720. The number of hydrogen-bond acceptors (Lipinski definition) is 0. The Kier molecular flexibility index (Phi) is 10.0. The van der Waals surface area contributed by atoms with Crippen LogP contribution in [0.3, 0.4) is 0 Å². The van der Waals surface area contributed by atoms with Gasteiger partial charge in [-0.15, -0.1) is 0 Å². The maximum Gasteiger partial charge on any atom is 0.0631 e. The third-order valence-corrected chi connectivity index (χ3v) is 5.16. The minimum Gasteiger partial charge on any atom is -0.0916 e. The zero-order valence-electron chi connectivity index (χ0n) is 14.8. The van der Waals surface area contributed by atoms with Crippen molar-refractivity contribution in [1.29, 1.82) is 0 Å². The molecule has 2 heteroatoms. The molecule has 20 heavy (non-hydrogen) atoms. The van der Waals surface area contributed by atoms with E-state index < -0.39 is 5.21 Å². The van der Waals surface area contributed by atoms with Gasteiger partial charge in [0.1, 0.15) is 0 Å². The molecule has 0 heterocycles. The molecule has 0 aromatic heterocycles. The van der Waals surface area contributed by atoms with Gasteiger partial charge in [-0.1, -0.05) is 97.1 Å². The molecule has 0 rings (SSSR count). The average Bonchev–Trinajstić information content (AvgIpc) is 2.38. The first kappa shape index (κ1) is 20.1. The molecule has 0 saturated heterocycles. The second-order valence-electron chi connectivity index (χ2n) is 7.27. The molecule has 1 atom stereocenters. The van der Waals surface area contributed by atoms with Crippen molar-refractivity contribution in [2.45, 2.75) is 104 Å². The van der Waals surface area contributed by atoms with Crippen molar-refractivity contribution in [3.63, 3.8) is 0 Å². The maximum absolute atomic E-state index is 6.54. The van der Waals surface area contributed by atoms with Crippen molar-refractivity contribution in [3.8, 4) is 0 Å². The van der Waals surface area contributed by atoms with Crippen molar-refractivity contribution < 1.29 is 0 Å². The van der Waals surface area contributed by atoms with Gasteiger partial charge >= 0.3 is 0 Å². The molecule has 0 saturated carbocycles. The van der Waals surface area contributed by atoms with Crippen LogP contribution in [0.2, 0.25) is 5.21 Å². The molecule has 0 fully saturated rings. The van der Waals surface area contributed by atoms with E-state index in [0.717, 1.165) is 0 Å². The molecule has 0 aromatic rings. The van der Waals surface area contributed by atoms with Crippen molar-refractivity contribution in [2.24, 2.45) is 11.3 Å². The van der Waals surface area contributed by atoms with Crippen LogP contribution in [0.15, 0.2) is 0 Å². The molecular weight excluding hydrogens is 238 g/mol. The zero-order valence-corrected chi connectivity index (χ0v) is 14.8. The Morgan fingerprint density at radius 3 is 1.60 bits per heavy atom. The van der Waals surface area contributed by atoms with Crippen LogP contribution >= 0.6 is 0 Å². The SMILES string of the molecule is [B]C([B])(C(C)C)C(C)(CCCCC)CCCCCCC. The first-order chi connectivity index (χ1) is 9.31. The summed E-state index contributed by atoms with van der Waals surface area (Å²) >= 11 is 0. The van der Waals surface area contributed by atoms with Crippen LogP contribution in [0.25, 0.3) is 0 Å². The summed E-state index contributed by atoms with van der Waals surface area (Å²) in [6.07, 6.45) is 12.7. The van der Waals surface area contributed by atoms with Crippen LogP contribution in [0.1, 0.15) is 98.8 Å². The molecule has 114 valence electrons. The number of unbranched alkanes of at least 4 members (excludes halogenated alkanes) is 6. The third kappa shape index (κ3) is 6.27. The summed E-state index contributed by atoms with van der Waals surface area (Å²) in [5, 5.41) is -0.550. The van der Waals surface area contributed by atoms with Crippen molar-refractivity contribution in [1.82, 2.24) is 0 Å². The minimum absolute atomic E-state index is 0.0720. The highest BCUT2D eigenvalue weighted by molar-refractivity contribution is 6.40. The van der Waals surface area contributed by atoms with Crippen LogP contribution < -0.4 is 0 Å². The highest BCUT2D eigenvalue weighted by Crippen LogP contribution is 2.52. The summed E-state index contributed by atoms with van der Waals surface area (Å²) < 4.78 is 0. The average molecular weight is 274 g/mol. The van der Waals surface area contributed by atoms with E-state index in [1.54, 1.807) is 0 Å². The summed E-state index contributed by atoms with van der Waals surface area (Å²) in [7, 11) is 13.1. The molecule has 0 bridgehead atoms. The quantitative estimate of drug-likeness (QED) is 0.300. The normalized spacial score (nSPS) is 15.5. The van der Waals surface area contributed by atoms with Crippen molar-refractivity contribution in [2.75, 3.05) is 0 Å². The lowest BCUT2D eigenvalue weighted by molar-refractivity contribution is 0.177. The van der Waals surface area contributed by atoms with Crippen molar-refractivity contribution in [3.05, 3.63) is 0 Å². The summed E-state index contributed by atoms with van der Waals surface area (Å²) in [6.45, 7) is 11.2. The molecule has 0 spiro atoms. The lowest BCUT2D eigenvalue weighted by Gasteiger charge is -2.49. The lowest BCUT2D eigenvalue weighted by atomic mass is 9.37. The Balaban J connectivity index is 4.53. The maximum atomic E-state index is 6.54. The third-order valence-electron chi connectivity index (χ3n) is 5.16. The first-order valence-corrected chi connectivity index (χ1v) is 8.89. The first-order valence-electron chi connectivity index (χ1n) is 8.89. The molecule has 0 aromatic carbocycles. The molecule has 0 aliphatic carbocycles. The highest BCUT2D eigenvalue weighted by atomic mass is 14.4. The van der Waals surface area contributed by atoms with Gasteiger partial charge < -0.3 is 0 Å². The fourth-order valence-electron chi connectivity index (χ4n) is 3.14. The molecule has 0 amide bonds. The second-order valence-corrected chi connectivity index (χ2v) is 7.27. The largest absolute Gasteiger partial charge is 0.0916 e. The van der Waals surface area contributed by atoms with Gasteiger partial charge in [-0.25, -0.2) is 0 Å². The number of rotatable bonds is 12. The Labute approximate surface area is 131 Å². The predicted molar refractivity (Wildman–Crippen MR) is 94.7 cm³/mol. The van der Waals surface area contributed by atoms with E-state index in [2.05, 4.69) is 34.6 Å². The van der Waals surface area contributed by atoms with E-state index in [1.807, 2.05) is 0 Å². The van der Waals surface area contributed by atoms with Gasteiger partial charge in [0.2, 0.25) is 0 Å². The van der Waals surface area contributed by atoms with Crippen molar-refractivity contribution >= 4 is 15.7 Å². The van der Waals surface area contributed by atoms with Gasteiger partial charge in [-0.2, -0.15) is 0 Å². The minimum atomic E-state index is -0.550. The van der Waals surface area contributed by atoms with Gasteiger partial charge in [0, 0.05) is 0 Å². The Morgan fingerprint density at radius 2 is 1.15 bits per heavy atom. The van der Waals surface area contributed by atoms with Crippen LogP contribution in [-0.2, 0) is 0 Å². The fourth-order valence-corrected chi connectivity index (χ4v) is 3.14. The molecule has 1 unspecified atom stereocenters. The Bertz CT molecular complexity index is 236. The summed E-state index contributed by atoms with van der Waals surface area (Å²) in [4.78, 5) is 0. The van der Waals surface area contributed by atoms with Crippen LogP contribution in [0.4, 0.5) is 0 Å². The van der Waals surface area contributed by atoms with E-state index in [4.69, 9.17) is 15.7 Å². The van der Waals surface area contributed by atoms with E-state index in [-0.39, 0.29) is 5.41 Å². The smallest absolute Gasteiger partial charge is 0.0631 e. The van der Waals surface area contributed by atoms with Gasteiger partial charge in [-0.05, 0) is 18.3 Å². The molecule has 4 radical (unpaired) electrons. The van der Waals surface area contributed by atoms with E-state index in [1.165, 1.54) is 64.2 Å². The molecular formula is C18H36B2. The second kappa shape index (κ2) is 9.96. The van der Waals surface area contributed by atoms with Gasteiger partial charge in [0.15, 0.2) is 0 Å². The molecule has 0 N–H and O–H groups in total. The topological polar surface area (TPSA) is 0 Å². The molecule has 0 aliphatic rings. The van der Waals surface area contributed by atoms with Crippen LogP contribution in [0.5, 0.6) is 0 Å². The molecule has 0 nitrogen and oxygen atoms in total. The fraction of sp³-hybridized carbons (Fsp3) is 1.00. The summed E-state index contributed by atoms with van der Waals surface area (Å²) in [5.74, 6) is 0.324. The van der Waals surface area contributed by atoms with Crippen LogP contribution in [-0.4, -0.2) is 15.7 Å². The highest BCUT2D eigenvalue weighted by Gasteiger charge is 2.40.